The van der Waals surface area contributed by atoms with Gasteiger partial charge in [-0.1, -0.05) is 31.7 Å². The van der Waals surface area contributed by atoms with Crippen LogP contribution in [0.15, 0.2) is 23.2 Å². The van der Waals surface area contributed by atoms with Crippen molar-refractivity contribution in [2.45, 2.75) is 51.0 Å². The standard InChI is InChI=1S/C21H35N3O3/c1-22-21(24-14-15-27-18-8-6-4-5-7-9-18)23-13-12-17-10-11-19(25-2)20(16-17)26-3/h10-11,16,18H,4-9,12-15H2,1-3H3,(H2,22,23,24). The molecular formula is C21H35N3O3. The number of guanidine groups is 1. The van der Waals surface area contributed by atoms with E-state index in [2.05, 4.69) is 21.7 Å². The van der Waals surface area contributed by atoms with Crippen molar-refractivity contribution in [3.8, 4) is 11.5 Å². The summed E-state index contributed by atoms with van der Waals surface area (Å²) in [6.45, 7) is 2.28. The Bertz CT molecular complexity index is 570. The fourth-order valence-electron chi connectivity index (χ4n) is 3.39. The third kappa shape index (κ3) is 7.67. The molecule has 0 spiro atoms. The predicted octanol–water partition coefficient (Wildman–Crippen LogP) is 3.15. The van der Waals surface area contributed by atoms with Gasteiger partial charge in [-0.2, -0.15) is 0 Å². The van der Waals surface area contributed by atoms with Crippen molar-refractivity contribution >= 4 is 5.96 Å². The lowest BCUT2D eigenvalue weighted by Gasteiger charge is -2.17. The molecule has 0 amide bonds. The SMILES string of the molecule is CN=C(NCCOC1CCCCCC1)NCCc1ccc(OC)c(OC)c1. The Morgan fingerprint density at radius 3 is 2.37 bits per heavy atom. The van der Waals surface area contributed by atoms with Crippen LogP contribution in [-0.2, 0) is 11.2 Å². The third-order valence-corrected chi connectivity index (χ3v) is 4.93. The van der Waals surface area contributed by atoms with Crippen LogP contribution < -0.4 is 20.1 Å². The quantitative estimate of drug-likeness (QED) is 0.300. The lowest BCUT2D eigenvalue weighted by Crippen LogP contribution is -2.40. The highest BCUT2D eigenvalue weighted by atomic mass is 16.5. The molecule has 0 aromatic heterocycles. The van der Waals surface area contributed by atoms with E-state index in [0.717, 1.165) is 43.6 Å². The molecule has 2 rings (SSSR count). The Morgan fingerprint density at radius 1 is 1.00 bits per heavy atom. The van der Waals surface area contributed by atoms with Gasteiger partial charge in [0.2, 0.25) is 0 Å². The highest BCUT2D eigenvalue weighted by Gasteiger charge is 2.12. The van der Waals surface area contributed by atoms with Crippen molar-refractivity contribution in [2.24, 2.45) is 4.99 Å². The van der Waals surface area contributed by atoms with Crippen LogP contribution in [0.2, 0.25) is 0 Å². The van der Waals surface area contributed by atoms with Crippen molar-refractivity contribution in [3.63, 3.8) is 0 Å². The van der Waals surface area contributed by atoms with E-state index < -0.39 is 0 Å². The number of hydrogen-bond donors (Lipinski definition) is 2. The Balaban J connectivity index is 1.65. The molecule has 2 N–H and O–H groups in total. The van der Waals surface area contributed by atoms with Gasteiger partial charge in [-0.3, -0.25) is 4.99 Å². The maximum atomic E-state index is 6.01. The second-order valence-corrected chi connectivity index (χ2v) is 6.85. The Hall–Kier alpha value is -1.95. The van der Waals surface area contributed by atoms with Crippen LogP contribution in [0.4, 0.5) is 0 Å². The van der Waals surface area contributed by atoms with Crippen LogP contribution in [0.25, 0.3) is 0 Å². The molecule has 1 saturated carbocycles. The predicted molar refractivity (Wildman–Crippen MR) is 110 cm³/mol. The van der Waals surface area contributed by atoms with Crippen molar-refractivity contribution < 1.29 is 14.2 Å². The van der Waals surface area contributed by atoms with Crippen LogP contribution in [0, 0.1) is 0 Å². The first-order valence-corrected chi connectivity index (χ1v) is 10.0. The molecule has 0 unspecified atom stereocenters. The second-order valence-electron chi connectivity index (χ2n) is 6.85. The first-order chi connectivity index (χ1) is 13.3. The Kier molecular flexibility index (Phi) is 9.84. The van der Waals surface area contributed by atoms with Crippen LogP contribution in [0.1, 0.15) is 44.1 Å². The zero-order chi connectivity index (χ0) is 19.3. The Labute approximate surface area is 163 Å². The zero-order valence-corrected chi connectivity index (χ0v) is 17.1. The largest absolute Gasteiger partial charge is 0.493 e. The van der Waals surface area contributed by atoms with Crippen LogP contribution in [0.5, 0.6) is 11.5 Å². The van der Waals surface area contributed by atoms with Crippen molar-refractivity contribution in [1.82, 2.24) is 10.6 Å². The molecule has 0 bridgehead atoms. The molecule has 1 fully saturated rings. The van der Waals surface area contributed by atoms with Crippen LogP contribution in [0.3, 0.4) is 0 Å². The summed E-state index contributed by atoms with van der Waals surface area (Å²) in [6.07, 6.45) is 9.04. The first-order valence-electron chi connectivity index (χ1n) is 10.0. The van der Waals surface area contributed by atoms with Crippen molar-refractivity contribution in [2.75, 3.05) is 41.0 Å². The monoisotopic (exact) mass is 377 g/mol. The molecule has 0 atom stereocenters. The van der Waals surface area contributed by atoms with Gasteiger partial charge in [0.15, 0.2) is 17.5 Å². The number of aliphatic imine (C=N–C) groups is 1. The summed E-state index contributed by atoms with van der Waals surface area (Å²) in [6, 6.07) is 6.00. The topological polar surface area (TPSA) is 64.1 Å². The fourth-order valence-corrected chi connectivity index (χ4v) is 3.39. The summed E-state index contributed by atoms with van der Waals surface area (Å²) in [4.78, 5) is 4.27. The minimum Gasteiger partial charge on any atom is -0.493 e. The minimum atomic E-state index is 0.439. The summed E-state index contributed by atoms with van der Waals surface area (Å²) in [7, 11) is 5.09. The van der Waals surface area contributed by atoms with Gasteiger partial charge in [-0.05, 0) is 37.0 Å². The molecular weight excluding hydrogens is 342 g/mol. The smallest absolute Gasteiger partial charge is 0.191 e. The van der Waals surface area contributed by atoms with Gasteiger partial charge in [-0.25, -0.2) is 0 Å². The number of rotatable bonds is 9. The Morgan fingerprint density at radius 2 is 1.70 bits per heavy atom. The summed E-state index contributed by atoms with van der Waals surface area (Å²) in [5.41, 5.74) is 1.19. The molecule has 0 heterocycles. The summed E-state index contributed by atoms with van der Waals surface area (Å²) < 4.78 is 16.6. The minimum absolute atomic E-state index is 0.439. The molecule has 1 aromatic rings. The number of ether oxygens (including phenoxy) is 3. The van der Waals surface area contributed by atoms with E-state index in [1.165, 1.54) is 44.1 Å². The maximum Gasteiger partial charge on any atom is 0.191 e. The second kappa shape index (κ2) is 12.4. The number of nitrogens with zero attached hydrogens (tertiary/aromatic N) is 1. The lowest BCUT2D eigenvalue weighted by atomic mass is 10.1. The summed E-state index contributed by atoms with van der Waals surface area (Å²) in [5, 5.41) is 6.66. The average molecular weight is 378 g/mol. The number of hydrogen-bond acceptors (Lipinski definition) is 4. The number of methoxy groups -OCH3 is 2. The molecule has 1 aliphatic rings. The van der Waals surface area contributed by atoms with E-state index in [1.54, 1.807) is 21.3 Å². The average Bonchev–Trinajstić information content (AvgIpc) is 2.98. The maximum absolute atomic E-state index is 6.01. The molecule has 6 heteroatoms. The molecule has 0 aliphatic heterocycles. The van der Waals surface area contributed by atoms with E-state index in [9.17, 15) is 0 Å². The molecule has 152 valence electrons. The first kappa shape index (κ1) is 21.4. The third-order valence-electron chi connectivity index (χ3n) is 4.93. The summed E-state index contributed by atoms with van der Waals surface area (Å²) >= 11 is 0. The van der Waals surface area contributed by atoms with Gasteiger partial charge in [0.1, 0.15) is 0 Å². The van der Waals surface area contributed by atoms with Crippen molar-refractivity contribution in [1.29, 1.82) is 0 Å². The number of nitrogens with one attached hydrogen (secondary N) is 2. The van der Waals surface area contributed by atoms with Crippen LogP contribution in [-0.4, -0.2) is 53.0 Å². The van der Waals surface area contributed by atoms with Gasteiger partial charge in [0.05, 0.1) is 26.9 Å². The van der Waals surface area contributed by atoms with E-state index in [0.29, 0.717) is 6.10 Å². The zero-order valence-electron chi connectivity index (χ0n) is 17.1. The molecule has 0 saturated heterocycles. The van der Waals surface area contributed by atoms with Crippen molar-refractivity contribution in [3.05, 3.63) is 23.8 Å². The van der Waals surface area contributed by atoms with E-state index in [4.69, 9.17) is 14.2 Å². The highest BCUT2D eigenvalue weighted by Crippen LogP contribution is 2.27. The molecule has 1 aliphatic carbocycles. The summed E-state index contributed by atoms with van der Waals surface area (Å²) in [5.74, 6) is 2.31. The van der Waals surface area contributed by atoms with Gasteiger partial charge >= 0.3 is 0 Å². The lowest BCUT2D eigenvalue weighted by molar-refractivity contribution is 0.0468. The molecule has 27 heavy (non-hydrogen) atoms. The van der Waals surface area contributed by atoms with E-state index in [-0.39, 0.29) is 0 Å². The van der Waals surface area contributed by atoms with Gasteiger partial charge in [0, 0.05) is 20.1 Å². The van der Waals surface area contributed by atoms with E-state index >= 15 is 0 Å². The van der Waals surface area contributed by atoms with Gasteiger partial charge < -0.3 is 24.8 Å². The van der Waals surface area contributed by atoms with Crippen LogP contribution >= 0.6 is 0 Å². The highest BCUT2D eigenvalue weighted by molar-refractivity contribution is 5.79. The number of benzene rings is 1. The normalized spacial score (nSPS) is 15.9. The van der Waals surface area contributed by atoms with Gasteiger partial charge in [0.25, 0.3) is 0 Å². The molecule has 1 aromatic carbocycles. The van der Waals surface area contributed by atoms with Gasteiger partial charge in [-0.15, -0.1) is 0 Å². The molecule has 6 nitrogen and oxygen atoms in total. The molecule has 0 radical (unpaired) electrons. The van der Waals surface area contributed by atoms with E-state index in [1.807, 2.05) is 12.1 Å². The fraction of sp³-hybridized carbons (Fsp3) is 0.667.